The molecule has 192 valence electrons. The van der Waals surface area contributed by atoms with E-state index in [0.717, 1.165) is 12.8 Å². The van der Waals surface area contributed by atoms with Crippen LogP contribution in [0.25, 0.3) is 0 Å². The van der Waals surface area contributed by atoms with Gasteiger partial charge in [-0.05, 0) is 42.7 Å². The minimum atomic E-state index is -1.92. The summed E-state index contributed by atoms with van der Waals surface area (Å²) in [5, 5.41) is 0.339. The molecule has 0 bridgehead atoms. The van der Waals surface area contributed by atoms with Gasteiger partial charge < -0.3 is 13.6 Å². The summed E-state index contributed by atoms with van der Waals surface area (Å²) in [6.07, 6.45) is 10.9. The molecule has 2 aliphatic rings. The Balaban J connectivity index is 2.26. The molecule has 0 aromatic rings. The summed E-state index contributed by atoms with van der Waals surface area (Å²) >= 11 is 0. The number of esters is 1. The Kier molecular flexibility index (Phi) is 9.31. The average Bonchev–Trinajstić information content (AvgIpc) is 3.12. The first-order valence-electron chi connectivity index (χ1n) is 13.2. The standard InChI is InChI=1S/C27H52O4Si2/c1-12-13-14-15-20(30-32(8,9)26(2,3)4)16-17-21-22-18-25(28)29-23(22)19-24(21)31-33(10,11)27(5,6)7/h16-17,20-24H,12-15,18-19H2,1-11H3/b17-16+/t20-,21+,22+,23-,24-/m0/s1. The molecule has 4 nitrogen and oxygen atoms in total. The second-order valence-corrected chi connectivity index (χ2v) is 22.9. The first-order chi connectivity index (χ1) is 15.0. The summed E-state index contributed by atoms with van der Waals surface area (Å²) in [6, 6.07) is 0. The van der Waals surface area contributed by atoms with Crippen molar-refractivity contribution in [1.29, 1.82) is 0 Å². The van der Waals surface area contributed by atoms with Gasteiger partial charge in [-0.15, -0.1) is 0 Å². The molecule has 0 amide bonds. The first kappa shape index (κ1) is 28.8. The van der Waals surface area contributed by atoms with Crippen LogP contribution >= 0.6 is 0 Å². The van der Waals surface area contributed by atoms with E-state index in [9.17, 15) is 4.79 Å². The quantitative estimate of drug-likeness (QED) is 0.134. The van der Waals surface area contributed by atoms with Crippen molar-refractivity contribution in [2.24, 2.45) is 11.8 Å². The van der Waals surface area contributed by atoms with Gasteiger partial charge in [0.2, 0.25) is 0 Å². The molecule has 1 aliphatic heterocycles. The second-order valence-electron chi connectivity index (χ2n) is 13.4. The highest BCUT2D eigenvalue weighted by Gasteiger charge is 2.52. The summed E-state index contributed by atoms with van der Waals surface area (Å²) in [4.78, 5) is 12.1. The Morgan fingerprint density at radius 1 is 1.03 bits per heavy atom. The van der Waals surface area contributed by atoms with Crippen LogP contribution < -0.4 is 0 Å². The maximum atomic E-state index is 12.1. The third-order valence-corrected chi connectivity index (χ3v) is 17.7. The summed E-state index contributed by atoms with van der Waals surface area (Å²) in [5.41, 5.74) is 0. The van der Waals surface area contributed by atoms with E-state index in [2.05, 4.69) is 86.8 Å². The van der Waals surface area contributed by atoms with Gasteiger partial charge in [0.15, 0.2) is 16.6 Å². The number of ether oxygens (including phenoxy) is 1. The third kappa shape index (κ3) is 7.28. The predicted octanol–water partition coefficient (Wildman–Crippen LogP) is 7.86. The van der Waals surface area contributed by atoms with Crippen molar-refractivity contribution < 1.29 is 18.4 Å². The Bertz CT molecular complexity index is 687. The zero-order valence-electron chi connectivity index (χ0n) is 23.4. The Labute approximate surface area is 206 Å². The Morgan fingerprint density at radius 3 is 2.18 bits per heavy atom. The number of rotatable bonds is 10. The minimum absolute atomic E-state index is 0.00164. The smallest absolute Gasteiger partial charge is 0.306 e. The molecule has 33 heavy (non-hydrogen) atoms. The van der Waals surface area contributed by atoms with E-state index in [-0.39, 0.29) is 46.2 Å². The molecule has 2 rings (SSSR count). The van der Waals surface area contributed by atoms with Crippen molar-refractivity contribution in [2.45, 2.75) is 142 Å². The van der Waals surface area contributed by atoms with Crippen molar-refractivity contribution in [1.82, 2.24) is 0 Å². The van der Waals surface area contributed by atoms with Crippen molar-refractivity contribution in [3.63, 3.8) is 0 Å². The third-order valence-electron chi connectivity index (χ3n) is 8.70. The fourth-order valence-corrected chi connectivity index (χ4v) is 7.11. The van der Waals surface area contributed by atoms with Gasteiger partial charge >= 0.3 is 5.97 Å². The van der Waals surface area contributed by atoms with Gasteiger partial charge in [-0.1, -0.05) is 79.9 Å². The lowest BCUT2D eigenvalue weighted by molar-refractivity contribution is -0.141. The van der Waals surface area contributed by atoms with Crippen LogP contribution in [0.15, 0.2) is 12.2 Å². The summed E-state index contributed by atoms with van der Waals surface area (Å²) < 4.78 is 19.4. The topological polar surface area (TPSA) is 44.8 Å². The van der Waals surface area contributed by atoms with Gasteiger partial charge in [-0.2, -0.15) is 0 Å². The average molecular weight is 497 g/mol. The lowest BCUT2D eigenvalue weighted by atomic mass is 9.91. The van der Waals surface area contributed by atoms with Crippen LogP contribution in [0, 0.1) is 11.8 Å². The van der Waals surface area contributed by atoms with Gasteiger partial charge in [-0.25, -0.2) is 0 Å². The van der Waals surface area contributed by atoms with Crippen molar-refractivity contribution in [3.8, 4) is 0 Å². The molecule has 5 atom stereocenters. The van der Waals surface area contributed by atoms with Crippen LogP contribution in [0.3, 0.4) is 0 Å². The maximum absolute atomic E-state index is 12.1. The molecule has 6 heteroatoms. The monoisotopic (exact) mass is 496 g/mol. The van der Waals surface area contributed by atoms with Crippen molar-refractivity contribution >= 4 is 22.6 Å². The normalized spacial score (nSPS) is 27.8. The van der Waals surface area contributed by atoms with Crippen LogP contribution in [0.5, 0.6) is 0 Å². The van der Waals surface area contributed by atoms with E-state index in [0.29, 0.717) is 6.42 Å². The largest absolute Gasteiger partial charge is 0.462 e. The van der Waals surface area contributed by atoms with E-state index >= 15 is 0 Å². The highest BCUT2D eigenvalue weighted by molar-refractivity contribution is 6.74. The van der Waals surface area contributed by atoms with E-state index in [4.69, 9.17) is 13.6 Å². The minimum Gasteiger partial charge on any atom is -0.462 e. The van der Waals surface area contributed by atoms with Crippen LogP contribution in [-0.2, 0) is 18.4 Å². The van der Waals surface area contributed by atoms with Gasteiger partial charge in [-0.3, -0.25) is 4.79 Å². The maximum Gasteiger partial charge on any atom is 0.306 e. The van der Waals surface area contributed by atoms with E-state index in [1.807, 2.05) is 0 Å². The Morgan fingerprint density at radius 2 is 1.64 bits per heavy atom. The van der Waals surface area contributed by atoms with Gasteiger partial charge in [0.25, 0.3) is 0 Å². The van der Waals surface area contributed by atoms with E-state index < -0.39 is 16.6 Å². The Hall–Kier alpha value is -0.436. The van der Waals surface area contributed by atoms with E-state index in [1.54, 1.807) is 0 Å². The van der Waals surface area contributed by atoms with Gasteiger partial charge in [0.1, 0.15) is 6.10 Å². The molecule has 1 saturated carbocycles. The first-order valence-corrected chi connectivity index (χ1v) is 19.0. The van der Waals surface area contributed by atoms with E-state index in [1.165, 1.54) is 19.3 Å². The molecule has 1 aliphatic carbocycles. The summed E-state index contributed by atoms with van der Waals surface area (Å²) in [5.74, 6) is 0.395. The number of hydrogen-bond acceptors (Lipinski definition) is 4. The van der Waals surface area contributed by atoms with Crippen molar-refractivity contribution in [3.05, 3.63) is 12.2 Å². The van der Waals surface area contributed by atoms with Crippen molar-refractivity contribution in [2.75, 3.05) is 0 Å². The predicted molar refractivity (Wildman–Crippen MR) is 144 cm³/mol. The molecular weight excluding hydrogens is 444 g/mol. The number of fused-ring (bicyclic) bond motifs is 1. The van der Waals surface area contributed by atoms with Crippen LogP contribution in [0.1, 0.15) is 87.0 Å². The lowest BCUT2D eigenvalue weighted by Gasteiger charge is -2.40. The number of carbonyl (C=O) groups is 1. The summed E-state index contributed by atoms with van der Waals surface area (Å²) in [6.45, 7) is 25.3. The number of hydrogen-bond donors (Lipinski definition) is 0. The van der Waals surface area contributed by atoms with Gasteiger partial charge in [0.05, 0.1) is 18.6 Å². The van der Waals surface area contributed by atoms with Crippen LogP contribution in [-0.4, -0.2) is 40.9 Å². The molecule has 0 unspecified atom stereocenters. The molecule has 0 radical (unpaired) electrons. The molecular formula is C27H52O4Si2. The molecule has 0 N–H and O–H groups in total. The highest BCUT2D eigenvalue weighted by atomic mass is 28.4. The molecule has 1 heterocycles. The molecule has 1 saturated heterocycles. The fraction of sp³-hybridized carbons (Fsp3) is 0.889. The summed E-state index contributed by atoms with van der Waals surface area (Å²) in [7, 11) is -3.80. The number of unbranched alkanes of at least 4 members (excludes halogenated alkanes) is 2. The molecule has 0 aromatic carbocycles. The second kappa shape index (κ2) is 10.7. The molecule has 2 fully saturated rings. The van der Waals surface area contributed by atoms with Crippen LogP contribution in [0.4, 0.5) is 0 Å². The molecule has 0 aromatic heterocycles. The number of carbonyl (C=O) groups excluding carboxylic acids is 1. The van der Waals surface area contributed by atoms with Gasteiger partial charge in [0, 0.05) is 18.3 Å². The SMILES string of the molecule is CCCCC[C@@H](/C=C/[C@@H]1[C@H]2CC(=O)O[C@H]2C[C@@H]1O[Si](C)(C)C(C)(C)C)O[Si](C)(C)C(C)(C)C. The highest BCUT2D eigenvalue weighted by Crippen LogP contribution is 2.47. The molecule has 0 spiro atoms. The fourth-order valence-electron chi connectivity index (χ4n) is 4.44. The zero-order chi connectivity index (χ0) is 25.2. The lowest BCUT2D eigenvalue weighted by Crippen LogP contribution is -2.45. The zero-order valence-corrected chi connectivity index (χ0v) is 25.4. The van der Waals surface area contributed by atoms with Crippen LogP contribution in [0.2, 0.25) is 36.3 Å².